The predicted octanol–water partition coefficient (Wildman–Crippen LogP) is 3.65. The smallest absolute Gasteiger partial charge is 0.171 e. The first-order valence-electron chi connectivity index (χ1n) is 7.95. The molecule has 0 aliphatic heterocycles. The summed E-state index contributed by atoms with van der Waals surface area (Å²) in [6, 6.07) is 15.7. The Hall–Kier alpha value is -2.41. The van der Waals surface area contributed by atoms with Gasteiger partial charge in [-0.25, -0.2) is 0 Å². The lowest BCUT2D eigenvalue weighted by atomic mass is 10.1. The summed E-state index contributed by atoms with van der Waals surface area (Å²) in [5, 5.41) is 9.18. The van der Waals surface area contributed by atoms with Gasteiger partial charge in [-0.05, 0) is 53.5 Å². The first-order valence-corrected chi connectivity index (χ1v) is 8.36. The van der Waals surface area contributed by atoms with Gasteiger partial charge in [-0.3, -0.25) is 4.98 Å². The molecule has 0 bridgehead atoms. The minimum absolute atomic E-state index is 0. The number of anilines is 1. The Morgan fingerprint density at radius 1 is 1.19 bits per heavy atom. The van der Waals surface area contributed by atoms with Gasteiger partial charge >= 0.3 is 0 Å². The van der Waals surface area contributed by atoms with Crippen LogP contribution >= 0.6 is 24.6 Å². The third-order valence-electron chi connectivity index (χ3n) is 3.94. The second-order valence-electron chi connectivity index (χ2n) is 5.60. The summed E-state index contributed by atoms with van der Waals surface area (Å²) < 4.78 is 5.27. The molecule has 0 amide bonds. The number of aromatic nitrogens is 1. The Kier molecular flexibility index (Phi) is 7.15. The van der Waals surface area contributed by atoms with Crippen LogP contribution in [0.15, 0.2) is 60.9 Å². The molecule has 7 heteroatoms. The Morgan fingerprint density at radius 2 is 2.04 bits per heavy atom. The highest BCUT2D eigenvalue weighted by atomic mass is 35.5. The van der Waals surface area contributed by atoms with Crippen LogP contribution in [0.4, 0.5) is 5.69 Å². The molecule has 0 radical (unpaired) electrons. The Bertz CT molecular complexity index is 890. The van der Waals surface area contributed by atoms with Gasteiger partial charge in [-0.1, -0.05) is 18.2 Å². The summed E-state index contributed by atoms with van der Waals surface area (Å²) in [7, 11) is 1.64. The fourth-order valence-corrected chi connectivity index (χ4v) is 2.88. The molecule has 0 aliphatic rings. The van der Waals surface area contributed by atoms with Crippen molar-refractivity contribution in [2.24, 2.45) is 5.73 Å². The number of rotatable bonds is 5. The van der Waals surface area contributed by atoms with Crippen molar-refractivity contribution in [3.05, 3.63) is 66.5 Å². The highest BCUT2D eigenvalue weighted by Crippen LogP contribution is 2.20. The number of nitrogens with two attached hydrogens (primary N) is 1. The van der Waals surface area contributed by atoms with E-state index in [1.54, 1.807) is 13.3 Å². The fraction of sp³-hybridized carbons (Fsp3) is 0.158. The van der Waals surface area contributed by atoms with E-state index in [9.17, 15) is 0 Å². The van der Waals surface area contributed by atoms with E-state index in [0.717, 1.165) is 27.8 Å². The van der Waals surface area contributed by atoms with Crippen LogP contribution in [0.25, 0.3) is 10.8 Å². The van der Waals surface area contributed by atoms with Crippen LogP contribution in [0.5, 0.6) is 5.75 Å². The predicted molar refractivity (Wildman–Crippen MR) is 113 cm³/mol. The van der Waals surface area contributed by atoms with Gasteiger partial charge in [0, 0.05) is 30.0 Å². The zero-order valence-corrected chi connectivity index (χ0v) is 15.9. The van der Waals surface area contributed by atoms with Crippen LogP contribution in [-0.2, 0) is 0 Å². The van der Waals surface area contributed by atoms with Gasteiger partial charge in [0.05, 0.1) is 13.2 Å². The lowest BCUT2D eigenvalue weighted by molar-refractivity contribution is 0.413. The number of nitrogens with zero attached hydrogens (tertiary/aromatic N) is 1. The third kappa shape index (κ3) is 4.82. The van der Waals surface area contributed by atoms with Crippen LogP contribution in [0.1, 0.15) is 11.6 Å². The van der Waals surface area contributed by atoms with E-state index < -0.39 is 0 Å². The van der Waals surface area contributed by atoms with Crippen molar-refractivity contribution in [2.75, 3.05) is 19.0 Å². The molecule has 0 spiro atoms. The van der Waals surface area contributed by atoms with Crippen LogP contribution in [0, 0.1) is 0 Å². The number of fused-ring (bicyclic) bond motifs is 1. The minimum Gasteiger partial charge on any atom is -0.497 e. The molecule has 0 fully saturated rings. The van der Waals surface area contributed by atoms with E-state index in [-0.39, 0.29) is 18.4 Å². The molecular formula is C19H21ClN4OS. The van der Waals surface area contributed by atoms with Gasteiger partial charge in [-0.2, -0.15) is 0 Å². The number of hydrogen-bond donors (Lipinski definition) is 3. The van der Waals surface area contributed by atoms with Crippen molar-refractivity contribution in [3.63, 3.8) is 0 Å². The summed E-state index contributed by atoms with van der Waals surface area (Å²) >= 11 is 5.44. The zero-order valence-electron chi connectivity index (χ0n) is 14.3. The van der Waals surface area contributed by atoms with E-state index in [2.05, 4.69) is 15.6 Å². The maximum absolute atomic E-state index is 5.91. The van der Waals surface area contributed by atoms with Crippen LogP contribution in [0.3, 0.4) is 0 Å². The topological polar surface area (TPSA) is 72.2 Å². The molecule has 136 valence electrons. The number of benzene rings is 2. The number of thiocarbonyl (C=S) groups is 1. The monoisotopic (exact) mass is 388 g/mol. The van der Waals surface area contributed by atoms with Gasteiger partial charge in [0.2, 0.25) is 0 Å². The number of nitrogens with one attached hydrogen (secondary N) is 2. The zero-order chi connectivity index (χ0) is 17.6. The summed E-state index contributed by atoms with van der Waals surface area (Å²) in [4.78, 5) is 4.12. The average molecular weight is 389 g/mol. The van der Waals surface area contributed by atoms with Crippen LogP contribution in [-0.4, -0.2) is 23.8 Å². The Morgan fingerprint density at radius 3 is 2.81 bits per heavy atom. The van der Waals surface area contributed by atoms with E-state index >= 15 is 0 Å². The van der Waals surface area contributed by atoms with Gasteiger partial charge in [-0.15, -0.1) is 12.4 Å². The molecular weight excluding hydrogens is 368 g/mol. The molecule has 0 saturated carbocycles. The number of methoxy groups -OCH3 is 1. The summed E-state index contributed by atoms with van der Waals surface area (Å²) in [6.07, 6.45) is 3.61. The number of hydrogen-bond acceptors (Lipinski definition) is 4. The Labute approximate surface area is 164 Å². The first kappa shape index (κ1) is 19.9. The van der Waals surface area contributed by atoms with E-state index in [0.29, 0.717) is 11.7 Å². The van der Waals surface area contributed by atoms with Crippen molar-refractivity contribution in [1.82, 2.24) is 10.3 Å². The van der Waals surface area contributed by atoms with Gasteiger partial charge in [0.25, 0.3) is 0 Å². The third-order valence-corrected chi connectivity index (χ3v) is 4.16. The molecule has 4 N–H and O–H groups in total. The van der Waals surface area contributed by atoms with E-state index in [1.807, 2.05) is 54.7 Å². The summed E-state index contributed by atoms with van der Waals surface area (Å²) in [6.45, 7) is 0.415. The molecule has 1 heterocycles. The summed E-state index contributed by atoms with van der Waals surface area (Å²) in [5.74, 6) is 0.791. The van der Waals surface area contributed by atoms with Gasteiger partial charge in [0.1, 0.15) is 5.75 Å². The van der Waals surface area contributed by atoms with E-state index in [4.69, 9.17) is 22.7 Å². The van der Waals surface area contributed by atoms with Crippen molar-refractivity contribution in [2.45, 2.75) is 6.04 Å². The first-order chi connectivity index (χ1) is 12.2. The number of halogens is 1. The van der Waals surface area contributed by atoms with Crippen molar-refractivity contribution in [1.29, 1.82) is 0 Å². The molecule has 3 aromatic rings. The molecule has 1 unspecified atom stereocenters. The second-order valence-corrected chi connectivity index (χ2v) is 6.01. The maximum atomic E-state index is 5.91. The van der Waals surface area contributed by atoms with Crippen LogP contribution in [0.2, 0.25) is 0 Å². The normalized spacial score (nSPS) is 11.3. The lowest BCUT2D eigenvalue weighted by Gasteiger charge is -2.20. The van der Waals surface area contributed by atoms with Gasteiger partial charge < -0.3 is 21.1 Å². The quantitative estimate of drug-likeness (QED) is 0.579. The maximum Gasteiger partial charge on any atom is 0.171 e. The van der Waals surface area contributed by atoms with Crippen molar-refractivity contribution >= 4 is 46.2 Å². The van der Waals surface area contributed by atoms with E-state index in [1.165, 1.54) is 0 Å². The molecule has 3 rings (SSSR count). The van der Waals surface area contributed by atoms with Gasteiger partial charge in [0.15, 0.2) is 5.11 Å². The molecule has 5 nitrogen and oxygen atoms in total. The molecule has 0 saturated heterocycles. The second kappa shape index (κ2) is 9.33. The largest absolute Gasteiger partial charge is 0.497 e. The SMILES string of the molecule is COc1cccc(C(CN)NC(=S)Nc2ccc3cnccc3c2)c1.Cl. The molecule has 1 atom stereocenters. The average Bonchev–Trinajstić information content (AvgIpc) is 2.66. The number of ether oxygens (including phenoxy) is 1. The van der Waals surface area contributed by atoms with Crippen molar-refractivity contribution in [3.8, 4) is 5.75 Å². The van der Waals surface area contributed by atoms with Crippen LogP contribution < -0.4 is 21.1 Å². The Balaban J connectivity index is 0.00000243. The fourth-order valence-electron chi connectivity index (χ4n) is 2.62. The lowest BCUT2D eigenvalue weighted by Crippen LogP contribution is -2.36. The molecule has 0 aliphatic carbocycles. The minimum atomic E-state index is -0.0974. The molecule has 1 aromatic heterocycles. The standard InChI is InChI=1S/C19H20N4OS.ClH/c1-24-17-4-2-3-14(10-17)18(11-20)23-19(25)22-16-6-5-15-12-21-8-7-13(15)9-16;/h2-10,12,18H,11,20H2,1H3,(H2,22,23,25);1H. The van der Waals surface area contributed by atoms with Crippen molar-refractivity contribution < 1.29 is 4.74 Å². The summed E-state index contributed by atoms with van der Waals surface area (Å²) in [5.41, 5.74) is 7.85. The molecule has 2 aromatic carbocycles. The molecule has 26 heavy (non-hydrogen) atoms. The number of pyridine rings is 1. The highest BCUT2D eigenvalue weighted by molar-refractivity contribution is 7.80. The highest BCUT2D eigenvalue weighted by Gasteiger charge is 2.12.